The van der Waals surface area contributed by atoms with E-state index in [4.69, 9.17) is 9.97 Å². The maximum atomic E-state index is 4.80. The fourth-order valence-corrected chi connectivity index (χ4v) is 4.40. The van der Waals surface area contributed by atoms with E-state index in [0.717, 1.165) is 45.8 Å². The van der Waals surface area contributed by atoms with E-state index in [2.05, 4.69) is 53.3 Å². The highest BCUT2D eigenvalue weighted by Gasteiger charge is 2.45. The molecule has 5 rings (SSSR count). The van der Waals surface area contributed by atoms with Gasteiger partial charge in [-0.1, -0.05) is 18.2 Å². The molecule has 2 heterocycles. The van der Waals surface area contributed by atoms with Crippen LogP contribution in [0.2, 0.25) is 0 Å². The fraction of sp³-hybridized carbons (Fsp3) is 0.273. The Morgan fingerprint density at radius 3 is 2.81 bits per heavy atom. The Morgan fingerprint density at radius 2 is 2.12 bits per heavy atom. The number of benzene rings is 1. The van der Waals surface area contributed by atoms with Crippen molar-refractivity contribution in [1.82, 2.24) is 15.0 Å². The molecule has 1 aromatic carbocycles. The van der Waals surface area contributed by atoms with E-state index < -0.39 is 0 Å². The number of imidazole rings is 1. The highest BCUT2D eigenvalue weighted by Crippen LogP contribution is 2.59. The first-order valence-corrected chi connectivity index (χ1v) is 9.23. The van der Waals surface area contributed by atoms with Crippen LogP contribution in [0.15, 0.2) is 54.8 Å². The molecule has 1 atom stereocenters. The summed E-state index contributed by atoms with van der Waals surface area (Å²) in [6.45, 7) is 4.42. The van der Waals surface area contributed by atoms with Gasteiger partial charge in [0.15, 0.2) is 0 Å². The predicted octanol–water partition coefficient (Wildman–Crippen LogP) is 5.18. The van der Waals surface area contributed by atoms with Gasteiger partial charge in [-0.3, -0.25) is 4.98 Å². The number of aromatic nitrogens is 3. The zero-order valence-corrected chi connectivity index (χ0v) is 15.0. The monoisotopic (exact) mass is 342 g/mol. The summed E-state index contributed by atoms with van der Waals surface area (Å²) in [5.74, 6) is 0.871. The van der Waals surface area contributed by atoms with Crippen LogP contribution in [0.5, 0.6) is 0 Å². The Labute approximate surface area is 153 Å². The van der Waals surface area contributed by atoms with E-state index in [1.165, 1.54) is 19.3 Å². The van der Waals surface area contributed by atoms with E-state index >= 15 is 0 Å². The maximum absolute atomic E-state index is 4.80. The average molecular weight is 342 g/mol. The molecule has 3 aromatic rings. The minimum absolute atomic E-state index is 0.183. The third-order valence-electron chi connectivity index (χ3n) is 6.06. The first kappa shape index (κ1) is 15.4. The molecule has 4 heteroatoms. The van der Waals surface area contributed by atoms with Crippen LogP contribution in [-0.2, 0) is 0 Å². The number of fused-ring (bicyclic) bond motifs is 2. The Balaban J connectivity index is 1.50. The van der Waals surface area contributed by atoms with Gasteiger partial charge in [0.2, 0.25) is 0 Å². The van der Waals surface area contributed by atoms with Crippen LogP contribution in [0.4, 0.5) is 5.69 Å². The lowest BCUT2D eigenvalue weighted by atomic mass is 9.65. The van der Waals surface area contributed by atoms with Crippen LogP contribution in [0.3, 0.4) is 0 Å². The smallest absolute Gasteiger partial charge is 0.138 e. The molecule has 0 amide bonds. The van der Waals surface area contributed by atoms with Crippen molar-refractivity contribution in [3.63, 3.8) is 0 Å². The third-order valence-corrected chi connectivity index (χ3v) is 6.06. The van der Waals surface area contributed by atoms with Crippen LogP contribution in [0.1, 0.15) is 31.4 Å². The molecule has 26 heavy (non-hydrogen) atoms. The van der Waals surface area contributed by atoms with Gasteiger partial charge < -0.3 is 10.3 Å². The lowest BCUT2D eigenvalue weighted by Crippen LogP contribution is -2.26. The molecular weight excluding hydrogens is 320 g/mol. The Kier molecular flexibility index (Phi) is 3.29. The first-order valence-electron chi connectivity index (χ1n) is 9.23. The summed E-state index contributed by atoms with van der Waals surface area (Å²) in [7, 11) is 1.92. The molecule has 1 fully saturated rings. The number of aromatic amines is 1. The van der Waals surface area contributed by atoms with Gasteiger partial charge in [-0.2, -0.15) is 0 Å². The van der Waals surface area contributed by atoms with Crippen LogP contribution in [0.25, 0.3) is 28.0 Å². The van der Waals surface area contributed by atoms with Crippen LogP contribution >= 0.6 is 0 Å². The second-order valence-corrected chi connectivity index (χ2v) is 7.35. The number of rotatable bonds is 4. The summed E-state index contributed by atoms with van der Waals surface area (Å²) in [4.78, 5) is 12.9. The van der Waals surface area contributed by atoms with Gasteiger partial charge in [0.25, 0.3) is 0 Å². The number of H-pyrrole nitrogens is 1. The Hall–Kier alpha value is -2.88. The molecule has 0 saturated heterocycles. The average Bonchev–Trinajstić information content (AvgIpc) is 3.22. The standard InChI is InChI=1S/C22H22N4/c1-14(22-10-3-4-16(22)9-11-22)18-12-19-20(13-24-18)26-21(25-19)15-5-7-17(23-2)8-6-15/h5-9,12-13,23H,1,3-4,10-11H2,2H3,(H,25,26). The van der Waals surface area contributed by atoms with E-state index in [1.807, 2.05) is 13.2 Å². The normalized spacial score (nSPS) is 21.2. The van der Waals surface area contributed by atoms with Gasteiger partial charge in [-0.15, -0.1) is 0 Å². The van der Waals surface area contributed by atoms with Crippen LogP contribution in [-0.4, -0.2) is 22.0 Å². The molecule has 0 bridgehead atoms. The lowest BCUT2D eigenvalue weighted by Gasteiger charge is -2.39. The van der Waals surface area contributed by atoms with Crippen molar-refractivity contribution in [3.05, 3.63) is 60.5 Å². The number of allylic oxidation sites excluding steroid dienone is 3. The summed E-state index contributed by atoms with van der Waals surface area (Å²) in [5.41, 5.74) is 7.96. The van der Waals surface area contributed by atoms with Gasteiger partial charge in [-0.05, 0) is 61.6 Å². The summed E-state index contributed by atoms with van der Waals surface area (Å²) in [5, 5.41) is 3.14. The van der Waals surface area contributed by atoms with Gasteiger partial charge in [-0.25, -0.2) is 4.98 Å². The molecule has 1 saturated carbocycles. The number of hydrogen-bond acceptors (Lipinski definition) is 3. The predicted molar refractivity (Wildman–Crippen MR) is 107 cm³/mol. The molecule has 2 aromatic heterocycles. The second-order valence-electron chi connectivity index (χ2n) is 7.35. The quantitative estimate of drug-likeness (QED) is 0.642. The Bertz CT molecular complexity index is 1040. The van der Waals surface area contributed by atoms with E-state index in [0.29, 0.717) is 0 Å². The third kappa shape index (κ3) is 2.15. The first-order chi connectivity index (χ1) is 12.7. The van der Waals surface area contributed by atoms with E-state index in [-0.39, 0.29) is 5.41 Å². The summed E-state index contributed by atoms with van der Waals surface area (Å²) >= 11 is 0. The summed E-state index contributed by atoms with van der Waals surface area (Å²) < 4.78 is 0. The van der Waals surface area contributed by atoms with Crippen molar-refractivity contribution >= 4 is 22.3 Å². The van der Waals surface area contributed by atoms with Gasteiger partial charge in [0.05, 0.1) is 22.9 Å². The molecule has 1 unspecified atom stereocenters. The zero-order chi connectivity index (χ0) is 17.7. The molecular formula is C22H22N4. The zero-order valence-electron chi connectivity index (χ0n) is 15.0. The molecule has 2 N–H and O–H groups in total. The number of hydrogen-bond donors (Lipinski definition) is 2. The number of nitrogens with one attached hydrogen (secondary N) is 2. The van der Waals surface area contributed by atoms with Crippen molar-refractivity contribution in [3.8, 4) is 11.4 Å². The van der Waals surface area contributed by atoms with Gasteiger partial charge in [0, 0.05) is 23.7 Å². The molecule has 4 nitrogen and oxygen atoms in total. The molecule has 0 aliphatic heterocycles. The molecule has 0 spiro atoms. The maximum Gasteiger partial charge on any atom is 0.138 e. The summed E-state index contributed by atoms with van der Waals surface area (Å²) in [6.07, 6.45) is 9.07. The molecule has 2 aliphatic carbocycles. The topological polar surface area (TPSA) is 53.6 Å². The second kappa shape index (κ2) is 5.56. The number of pyridine rings is 1. The van der Waals surface area contributed by atoms with E-state index in [9.17, 15) is 0 Å². The van der Waals surface area contributed by atoms with Crippen molar-refractivity contribution in [2.45, 2.75) is 25.7 Å². The lowest BCUT2D eigenvalue weighted by molar-refractivity contribution is 0.453. The van der Waals surface area contributed by atoms with Crippen molar-refractivity contribution in [1.29, 1.82) is 0 Å². The molecule has 130 valence electrons. The largest absolute Gasteiger partial charge is 0.388 e. The minimum Gasteiger partial charge on any atom is -0.388 e. The van der Waals surface area contributed by atoms with Gasteiger partial charge >= 0.3 is 0 Å². The Morgan fingerprint density at radius 1 is 1.27 bits per heavy atom. The number of nitrogens with zero attached hydrogens (tertiary/aromatic N) is 2. The highest BCUT2D eigenvalue weighted by atomic mass is 14.9. The van der Waals surface area contributed by atoms with Crippen molar-refractivity contribution < 1.29 is 0 Å². The van der Waals surface area contributed by atoms with Crippen molar-refractivity contribution in [2.75, 3.05) is 12.4 Å². The SMILES string of the molecule is C=C(c1cc2nc(-c3ccc(NC)cc3)[nH]c2cn1)C12CC=C1CCC2. The van der Waals surface area contributed by atoms with Crippen LogP contribution < -0.4 is 5.32 Å². The summed E-state index contributed by atoms with van der Waals surface area (Å²) in [6, 6.07) is 10.3. The fourth-order valence-electron chi connectivity index (χ4n) is 4.40. The van der Waals surface area contributed by atoms with Crippen LogP contribution in [0, 0.1) is 5.41 Å². The number of anilines is 1. The minimum atomic E-state index is 0.183. The van der Waals surface area contributed by atoms with E-state index in [1.54, 1.807) is 5.57 Å². The molecule has 0 radical (unpaired) electrons. The highest BCUT2D eigenvalue weighted by molar-refractivity contribution is 5.83. The molecule has 2 aliphatic rings. The van der Waals surface area contributed by atoms with Gasteiger partial charge in [0.1, 0.15) is 5.82 Å². The van der Waals surface area contributed by atoms with Crippen molar-refractivity contribution in [2.24, 2.45) is 5.41 Å².